The van der Waals surface area contributed by atoms with Gasteiger partial charge in [-0.05, 0) is 56.1 Å². The van der Waals surface area contributed by atoms with Gasteiger partial charge in [-0.3, -0.25) is 14.4 Å². The fraction of sp³-hybridized carbons (Fsp3) is 0.435. The van der Waals surface area contributed by atoms with Crippen molar-refractivity contribution in [3.8, 4) is 0 Å². The zero-order valence-electron chi connectivity index (χ0n) is 17.0. The van der Waals surface area contributed by atoms with Crippen molar-refractivity contribution >= 4 is 34.1 Å². The Morgan fingerprint density at radius 1 is 1.10 bits per heavy atom. The third-order valence-corrected chi connectivity index (χ3v) is 6.96. The maximum absolute atomic E-state index is 12.8. The molecule has 0 aliphatic heterocycles. The van der Waals surface area contributed by atoms with Gasteiger partial charge in [0.2, 0.25) is 11.8 Å². The lowest BCUT2D eigenvalue weighted by Gasteiger charge is -2.22. The first-order valence-electron chi connectivity index (χ1n) is 10.6. The third kappa shape index (κ3) is 4.73. The van der Waals surface area contributed by atoms with E-state index in [4.69, 9.17) is 5.73 Å². The number of hydrogen-bond donors (Lipinski definition) is 2. The fourth-order valence-corrected chi connectivity index (χ4v) is 5.33. The second-order valence-electron chi connectivity index (χ2n) is 8.10. The number of nitrogens with zero attached hydrogens (tertiary/aromatic N) is 1. The highest BCUT2D eigenvalue weighted by molar-refractivity contribution is 7.17. The first-order chi connectivity index (χ1) is 14.5. The number of nitrogens with two attached hydrogens (primary N) is 1. The lowest BCUT2D eigenvalue weighted by Crippen LogP contribution is -2.40. The Morgan fingerprint density at radius 3 is 2.53 bits per heavy atom. The average molecular weight is 426 g/mol. The SMILES string of the molecule is NC(=O)c1c(NC(=O)CN(CCc2ccccc2)C(=O)C2CC2)sc2c1CCCC2. The Morgan fingerprint density at radius 2 is 1.83 bits per heavy atom. The molecule has 0 saturated heterocycles. The molecule has 1 aromatic heterocycles. The molecule has 158 valence electrons. The van der Waals surface area contributed by atoms with E-state index in [1.54, 1.807) is 4.90 Å². The molecule has 0 bridgehead atoms. The van der Waals surface area contributed by atoms with Crippen molar-refractivity contribution in [2.45, 2.75) is 44.9 Å². The van der Waals surface area contributed by atoms with Crippen LogP contribution in [0.15, 0.2) is 30.3 Å². The van der Waals surface area contributed by atoms with Crippen LogP contribution in [0.25, 0.3) is 0 Å². The van der Waals surface area contributed by atoms with Crippen molar-refractivity contribution in [2.24, 2.45) is 11.7 Å². The van der Waals surface area contributed by atoms with Gasteiger partial charge in [0.1, 0.15) is 5.00 Å². The molecule has 1 saturated carbocycles. The minimum atomic E-state index is -0.500. The van der Waals surface area contributed by atoms with E-state index < -0.39 is 5.91 Å². The van der Waals surface area contributed by atoms with E-state index in [0.717, 1.165) is 54.5 Å². The number of fused-ring (bicyclic) bond motifs is 1. The van der Waals surface area contributed by atoms with Crippen molar-refractivity contribution < 1.29 is 14.4 Å². The molecule has 7 heteroatoms. The van der Waals surface area contributed by atoms with E-state index >= 15 is 0 Å². The molecule has 6 nitrogen and oxygen atoms in total. The number of anilines is 1. The lowest BCUT2D eigenvalue weighted by molar-refractivity contribution is -0.135. The summed E-state index contributed by atoms with van der Waals surface area (Å²) in [6.45, 7) is 0.485. The number of primary amides is 1. The quantitative estimate of drug-likeness (QED) is 0.680. The standard InChI is InChI=1S/C23H27N3O3S/c24-21(28)20-17-8-4-5-9-18(17)30-22(20)25-19(27)14-26(23(29)16-10-11-16)13-12-15-6-2-1-3-7-15/h1-3,6-7,16H,4-5,8-14H2,(H2,24,28)(H,25,27). The molecule has 30 heavy (non-hydrogen) atoms. The highest BCUT2D eigenvalue weighted by Crippen LogP contribution is 2.38. The monoisotopic (exact) mass is 425 g/mol. The van der Waals surface area contributed by atoms with Gasteiger partial charge in [0.25, 0.3) is 5.91 Å². The van der Waals surface area contributed by atoms with Gasteiger partial charge in [0.15, 0.2) is 0 Å². The Kier molecular flexibility index (Phi) is 6.18. The number of thiophene rings is 1. The van der Waals surface area contributed by atoms with Crippen LogP contribution in [0.4, 0.5) is 5.00 Å². The van der Waals surface area contributed by atoms with Gasteiger partial charge in [-0.1, -0.05) is 30.3 Å². The molecule has 1 heterocycles. The molecule has 2 aliphatic rings. The summed E-state index contributed by atoms with van der Waals surface area (Å²) in [7, 11) is 0. The summed E-state index contributed by atoms with van der Waals surface area (Å²) in [4.78, 5) is 40.4. The van der Waals surface area contributed by atoms with Gasteiger partial charge in [-0.2, -0.15) is 0 Å². The highest BCUT2D eigenvalue weighted by Gasteiger charge is 2.34. The van der Waals surface area contributed by atoms with Crippen LogP contribution in [-0.2, 0) is 28.9 Å². The molecule has 2 aromatic rings. The Hall–Kier alpha value is -2.67. The number of carbonyl (C=O) groups is 3. The largest absolute Gasteiger partial charge is 0.365 e. The van der Waals surface area contributed by atoms with Crippen molar-refractivity contribution in [3.63, 3.8) is 0 Å². The van der Waals surface area contributed by atoms with Crippen molar-refractivity contribution in [1.82, 2.24) is 4.90 Å². The van der Waals surface area contributed by atoms with Gasteiger partial charge < -0.3 is 16.0 Å². The van der Waals surface area contributed by atoms with Crippen molar-refractivity contribution in [1.29, 1.82) is 0 Å². The Bertz CT molecular complexity index is 950. The molecule has 4 rings (SSSR count). The minimum Gasteiger partial charge on any atom is -0.365 e. The van der Waals surface area contributed by atoms with E-state index in [2.05, 4.69) is 5.32 Å². The van der Waals surface area contributed by atoms with Gasteiger partial charge in [-0.25, -0.2) is 0 Å². The van der Waals surface area contributed by atoms with Gasteiger partial charge >= 0.3 is 0 Å². The first-order valence-corrected chi connectivity index (χ1v) is 11.4. The van der Waals surface area contributed by atoms with Crippen LogP contribution >= 0.6 is 11.3 Å². The summed E-state index contributed by atoms with van der Waals surface area (Å²) >= 11 is 1.45. The van der Waals surface area contributed by atoms with Gasteiger partial charge in [0.05, 0.1) is 12.1 Å². The fourth-order valence-electron chi connectivity index (χ4n) is 4.02. The van der Waals surface area contributed by atoms with Crippen molar-refractivity contribution in [2.75, 3.05) is 18.4 Å². The summed E-state index contributed by atoms with van der Waals surface area (Å²) < 4.78 is 0. The van der Waals surface area contributed by atoms with Crippen LogP contribution in [-0.4, -0.2) is 35.7 Å². The summed E-state index contributed by atoms with van der Waals surface area (Å²) in [5.41, 5.74) is 8.19. The smallest absolute Gasteiger partial charge is 0.251 e. The maximum atomic E-state index is 12.8. The maximum Gasteiger partial charge on any atom is 0.251 e. The number of amides is 3. The summed E-state index contributed by atoms with van der Waals surface area (Å²) in [6, 6.07) is 9.95. The molecular weight excluding hydrogens is 398 g/mol. The predicted molar refractivity (Wildman–Crippen MR) is 118 cm³/mol. The number of benzene rings is 1. The van der Waals surface area contributed by atoms with Crippen LogP contribution in [0.2, 0.25) is 0 Å². The third-order valence-electron chi connectivity index (χ3n) is 5.76. The minimum absolute atomic E-state index is 0.0110. The number of carbonyl (C=O) groups excluding carboxylic acids is 3. The van der Waals surface area contributed by atoms with Crippen molar-refractivity contribution in [3.05, 3.63) is 51.9 Å². The molecule has 0 spiro atoms. The molecule has 0 radical (unpaired) electrons. The van der Waals surface area contributed by atoms with E-state index in [1.165, 1.54) is 11.3 Å². The summed E-state index contributed by atoms with van der Waals surface area (Å²) in [6.07, 6.45) is 6.34. The van der Waals surface area contributed by atoms with Gasteiger partial charge in [0, 0.05) is 17.3 Å². The zero-order chi connectivity index (χ0) is 21.1. The lowest BCUT2D eigenvalue weighted by atomic mass is 9.95. The van der Waals surface area contributed by atoms with E-state index in [9.17, 15) is 14.4 Å². The first kappa shape index (κ1) is 20.6. The zero-order valence-corrected chi connectivity index (χ0v) is 17.8. The van der Waals surface area contributed by atoms with E-state index in [-0.39, 0.29) is 24.3 Å². The molecular formula is C23H27N3O3S. The van der Waals surface area contributed by atoms with Gasteiger partial charge in [-0.15, -0.1) is 11.3 Å². The Balaban J connectivity index is 1.45. The van der Waals surface area contributed by atoms with E-state index in [1.807, 2.05) is 30.3 Å². The number of nitrogens with one attached hydrogen (secondary N) is 1. The van der Waals surface area contributed by atoms with Crippen LogP contribution in [0.5, 0.6) is 0 Å². The topological polar surface area (TPSA) is 92.5 Å². The summed E-state index contributed by atoms with van der Waals surface area (Å²) in [5, 5.41) is 3.41. The Labute approximate surface area is 180 Å². The molecule has 0 unspecified atom stereocenters. The van der Waals surface area contributed by atoms with Crippen LogP contribution in [0.1, 0.15) is 52.0 Å². The van der Waals surface area contributed by atoms with Crippen LogP contribution in [0.3, 0.4) is 0 Å². The second-order valence-corrected chi connectivity index (χ2v) is 9.20. The second kappa shape index (κ2) is 9.00. The van der Waals surface area contributed by atoms with Crippen LogP contribution < -0.4 is 11.1 Å². The number of rotatable bonds is 8. The number of aryl methyl sites for hydroxylation is 1. The molecule has 0 atom stereocenters. The number of hydrogen-bond acceptors (Lipinski definition) is 4. The summed E-state index contributed by atoms with van der Waals surface area (Å²) in [5.74, 6) is -0.691. The average Bonchev–Trinajstić information content (AvgIpc) is 3.52. The normalized spacial score (nSPS) is 15.3. The molecule has 2 aliphatic carbocycles. The molecule has 3 amide bonds. The predicted octanol–water partition coefficient (Wildman–Crippen LogP) is 3.15. The van der Waals surface area contributed by atoms with E-state index in [0.29, 0.717) is 23.5 Å². The highest BCUT2D eigenvalue weighted by atomic mass is 32.1. The molecule has 3 N–H and O–H groups in total. The van der Waals surface area contributed by atoms with Crippen LogP contribution in [0, 0.1) is 5.92 Å². The molecule has 1 fully saturated rings. The molecule has 1 aromatic carbocycles.